The second-order valence-corrected chi connectivity index (χ2v) is 15.4. The molecular formula is C58H67ClN2O6. The molecule has 8 nitrogen and oxygen atoms in total. The van der Waals surface area contributed by atoms with Crippen LogP contribution >= 0.6 is 11.6 Å². The van der Waals surface area contributed by atoms with Crippen LogP contribution in [0.25, 0.3) is 33.4 Å². The van der Waals surface area contributed by atoms with Gasteiger partial charge in [-0.3, -0.25) is 0 Å². The van der Waals surface area contributed by atoms with Gasteiger partial charge in [-0.2, -0.15) is 0 Å². The average molecular weight is 924 g/mol. The molecule has 1 aliphatic rings. The van der Waals surface area contributed by atoms with Crippen LogP contribution in [0, 0.1) is 20.8 Å². The summed E-state index contributed by atoms with van der Waals surface area (Å²) in [6.45, 7) is 19.3. The molecule has 1 aliphatic carbocycles. The molecule has 8 rings (SSSR count). The summed E-state index contributed by atoms with van der Waals surface area (Å²) in [7, 11) is 0. The van der Waals surface area contributed by atoms with E-state index in [1.165, 1.54) is 61.1 Å². The fourth-order valence-corrected chi connectivity index (χ4v) is 7.63. The molecule has 0 spiro atoms. The molecule has 1 aromatic heterocycles. The van der Waals surface area contributed by atoms with Crippen LogP contribution in [-0.4, -0.2) is 42.9 Å². The van der Waals surface area contributed by atoms with Gasteiger partial charge in [0.05, 0.1) is 18.9 Å². The van der Waals surface area contributed by atoms with Crippen molar-refractivity contribution in [3.63, 3.8) is 0 Å². The van der Waals surface area contributed by atoms with Crippen molar-refractivity contribution in [3.05, 3.63) is 190 Å². The fraction of sp³-hybridized carbons (Fsp3) is 0.276. The number of halogens is 1. The van der Waals surface area contributed by atoms with Gasteiger partial charge in [-0.25, -0.2) is 9.59 Å². The average Bonchev–Trinajstić information content (AvgIpc) is 3.84. The van der Waals surface area contributed by atoms with Crippen molar-refractivity contribution in [3.8, 4) is 22.8 Å². The van der Waals surface area contributed by atoms with Crippen LogP contribution in [0.5, 0.6) is 11.5 Å². The van der Waals surface area contributed by atoms with E-state index in [0.717, 1.165) is 29.8 Å². The van der Waals surface area contributed by atoms with Crippen LogP contribution in [-0.2, 0) is 37.9 Å². The molecule has 0 aliphatic heterocycles. The van der Waals surface area contributed by atoms with E-state index in [0.29, 0.717) is 30.6 Å². The molecule has 0 unspecified atom stereocenters. The van der Waals surface area contributed by atoms with Gasteiger partial charge in [-0.1, -0.05) is 142 Å². The van der Waals surface area contributed by atoms with Crippen molar-refractivity contribution < 1.29 is 28.5 Å². The number of hydrogen-bond donors (Lipinski definition) is 1. The zero-order valence-electron chi connectivity index (χ0n) is 40.7. The van der Waals surface area contributed by atoms with Crippen molar-refractivity contribution in [2.45, 2.75) is 81.2 Å². The number of benzene rings is 6. The summed E-state index contributed by atoms with van der Waals surface area (Å²) in [5.41, 5.74) is 21.9. The summed E-state index contributed by atoms with van der Waals surface area (Å²) in [5, 5.41) is 1.29. The predicted molar refractivity (Wildman–Crippen MR) is 278 cm³/mol. The third-order valence-electron chi connectivity index (χ3n) is 10.6. The summed E-state index contributed by atoms with van der Waals surface area (Å²) < 4.78 is 22.7. The van der Waals surface area contributed by atoms with Crippen LogP contribution in [0.1, 0.15) is 86.1 Å². The number of nitrogens with two attached hydrogens (primary N) is 1. The maximum atomic E-state index is 11.5. The van der Waals surface area contributed by atoms with E-state index in [1.54, 1.807) is 26.0 Å². The van der Waals surface area contributed by atoms with E-state index in [4.69, 9.17) is 36.3 Å². The standard InChI is InChI=1S/C27H27NO3.C16H15N.C11H13ClO3.2C2H6/c1-4-30-26(29)18-31-23-13-11-21(12-14-23)17-28-25-15-10-19(2)16-24(25)20(3)27(28)22-8-6-5-7-9-22;1-11-7-8-13-10-15(16(17)14(13)9-11)12-5-3-2-4-6-12;1-2-14-11(13)8-15-10-5-3-9(7-12)4-6-10;2*1-2/h5-16H,4,17-18H2,1-3H3;2-9H,10,17H2,1H3;3-6H,2,7-8H2,1H3;2*1-2H3. The highest BCUT2D eigenvalue weighted by Gasteiger charge is 2.20. The smallest absolute Gasteiger partial charge is 0.344 e. The topological polar surface area (TPSA) is 102 Å². The van der Waals surface area contributed by atoms with E-state index in [2.05, 4.69) is 110 Å². The highest BCUT2D eigenvalue weighted by atomic mass is 35.5. The zero-order valence-corrected chi connectivity index (χ0v) is 41.4. The number of carbonyl (C=O) groups excluding carboxylic acids is 2. The second-order valence-electron chi connectivity index (χ2n) is 15.2. The monoisotopic (exact) mass is 922 g/mol. The number of aryl methyl sites for hydroxylation is 3. The normalized spacial score (nSPS) is 11.0. The van der Waals surface area contributed by atoms with Gasteiger partial charge in [-0.05, 0) is 116 Å². The van der Waals surface area contributed by atoms with Gasteiger partial charge in [0, 0.05) is 41.0 Å². The Bertz CT molecular complexity index is 2640. The van der Waals surface area contributed by atoms with E-state index >= 15 is 0 Å². The number of aromatic nitrogens is 1. The van der Waals surface area contributed by atoms with Gasteiger partial charge in [-0.15, -0.1) is 11.6 Å². The molecule has 352 valence electrons. The minimum atomic E-state index is -0.362. The molecule has 0 saturated carbocycles. The van der Waals surface area contributed by atoms with Gasteiger partial charge in [0.1, 0.15) is 11.5 Å². The Morgan fingerprint density at radius 1 is 0.612 bits per heavy atom. The summed E-state index contributed by atoms with van der Waals surface area (Å²) in [6.07, 6.45) is 0.950. The summed E-state index contributed by atoms with van der Waals surface area (Å²) in [6, 6.07) is 49.3. The summed E-state index contributed by atoms with van der Waals surface area (Å²) in [5.74, 6) is 1.04. The van der Waals surface area contributed by atoms with Gasteiger partial charge < -0.3 is 29.2 Å². The van der Waals surface area contributed by atoms with E-state index in [1.807, 2.05) is 76.2 Å². The van der Waals surface area contributed by atoms with Crippen molar-refractivity contribution in [1.29, 1.82) is 0 Å². The number of rotatable bonds is 13. The summed E-state index contributed by atoms with van der Waals surface area (Å²) in [4.78, 5) is 22.5. The number of allylic oxidation sites excluding steroid dienone is 1. The molecule has 0 amide bonds. The van der Waals surface area contributed by atoms with E-state index < -0.39 is 0 Å². The lowest BCUT2D eigenvalue weighted by Gasteiger charge is -2.13. The maximum absolute atomic E-state index is 11.5. The molecule has 9 heteroatoms. The molecule has 0 fully saturated rings. The van der Waals surface area contributed by atoms with Crippen LogP contribution in [0.3, 0.4) is 0 Å². The highest BCUT2D eigenvalue weighted by molar-refractivity contribution is 6.17. The SMILES string of the molecule is CC.CC.CCOC(=O)COc1ccc(CCl)cc1.CCOC(=O)COc1ccc(Cn2c(-c3ccccc3)c(C)c3cc(C)ccc32)cc1.Cc1ccc2c(c1)C(N)=C(c1ccccc1)C2. The Balaban J connectivity index is 0.000000230. The number of ether oxygens (including phenoxy) is 4. The van der Waals surface area contributed by atoms with E-state index in [-0.39, 0.29) is 25.2 Å². The van der Waals surface area contributed by atoms with Crippen molar-refractivity contribution in [1.82, 2.24) is 4.57 Å². The van der Waals surface area contributed by atoms with Gasteiger partial charge in [0.15, 0.2) is 13.2 Å². The predicted octanol–water partition coefficient (Wildman–Crippen LogP) is 13.7. The molecular weight excluding hydrogens is 856 g/mol. The Hall–Kier alpha value is -6.77. The lowest BCUT2D eigenvalue weighted by Crippen LogP contribution is -2.14. The number of nitrogens with zero attached hydrogens (tertiary/aromatic N) is 1. The van der Waals surface area contributed by atoms with Crippen LogP contribution in [0.4, 0.5) is 0 Å². The highest BCUT2D eigenvalue weighted by Crippen LogP contribution is 2.36. The number of alkyl halides is 1. The Morgan fingerprint density at radius 2 is 1.10 bits per heavy atom. The third kappa shape index (κ3) is 15.1. The van der Waals surface area contributed by atoms with Crippen molar-refractivity contribution in [2.24, 2.45) is 5.73 Å². The van der Waals surface area contributed by atoms with Crippen molar-refractivity contribution >= 4 is 45.7 Å². The first-order valence-corrected chi connectivity index (χ1v) is 23.7. The molecule has 0 radical (unpaired) electrons. The maximum Gasteiger partial charge on any atom is 0.344 e. The third-order valence-corrected chi connectivity index (χ3v) is 10.9. The lowest BCUT2D eigenvalue weighted by atomic mass is 10.0. The molecule has 6 aromatic carbocycles. The van der Waals surface area contributed by atoms with Crippen LogP contribution in [0.15, 0.2) is 146 Å². The number of hydrogen-bond acceptors (Lipinski definition) is 7. The minimum absolute atomic E-state index is 0.0614. The van der Waals surface area contributed by atoms with E-state index in [9.17, 15) is 9.59 Å². The Morgan fingerprint density at radius 3 is 1.63 bits per heavy atom. The van der Waals surface area contributed by atoms with Gasteiger partial charge in [0.25, 0.3) is 0 Å². The largest absolute Gasteiger partial charge is 0.482 e. The van der Waals surface area contributed by atoms with Gasteiger partial charge >= 0.3 is 11.9 Å². The molecule has 0 bridgehead atoms. The first-order chi connectivity index (χ1) is 32.6. The first-order valence-electron chi connectivity index (χ1n) is 23.2. The second kappa shape index (κ2) is 27.6. The lowest BCUT2D eigenvalue weighted by molar-refractivity contribution is -0.146. The molecule has 2 N–H and O–H groups in total. The molecule has 0 atom stereocenters. The van der Waals surface area contributed by atoms with Crippen LogP contribution < -0.4 is 15.2 Å². The number of carbonyl (C=O) groups is 2. The minimum Gasteiger partial charge on any atom is -0.482 e. The Kier molecular flexibility index (Phi) is 21.8. The number of esters is 2. The molecule has 7 aromatic rings. The van der Waals surface area contributed by atoms with Crippen LogP contribution in [0.2, 0.25) is 0 Å². The first kappa shape index (κ1) is 52.9. The molecule has 1 heterocycles. The fourth-order valence-electron chi connectivity index (χ4n) is 7.45. The van der Waals surface area contributed by atoms with Gasteiger partial charge in [0.2, 0.25) is 0 Å². The molecule has 67 heavy (non-hydrogen) atoms. The summed E-state index contributed by atoms with van der Waals surface area (Å²) >= 11 is 5.63. The number of fused-ring (bicyclic) bond motifs is 2. The molecule has 0 saturated heterocycles. The quantitative estimate of drug-likeness (QED) is 0.0908. The zero-order chi connectivity index (χ0) is 48.7. The Labute approximate surface area is 403 Å². The van der Waals surface area contributed by atoms with Crippen molar-refractivity contribution in [2.75, 3.05) is 26.4 Å².